The van der Waals surface area contributed by atoms with Crippen LogP contribution in [0.15, 0.2) is 24.3 Å². The number of hydrogen-bond donors (Lipinski definition) is 9. The Bertz CT molecular complexity index is 921. The van der Waals surface area contributed by atoms with Crippen LogP contribution in [0.25, 0.3) is 0 Å². The van der Waals surface area contributed by atoms with Crippen LogP contribution >= 0.6 is 7.82 Å². The fourth-order valence-electron chi connectivity index (χ4n) is 5.29. The van der Waals surface area contributed by atoms with Crippen LogP contribution in [0, 0.1) is 0 Å². The van der Waals surface area contributed by atoms with Gasteiger partial charge in [-0.3, -0.25) is 13.8 Å². The van der Waals surface area contributed by atoms with E-state index in [1.54, 1.807) is 6.08 Å². The Morgan fingerprint density at radius 2 is 1.23 bits per heavy atom. The average molecular weight is 696 g/mol. The Balaban J connectivity index is 2.71. The van der Waals surface area contributed by atoms with Gasteiger partial charge in [0.1, 0.15) is 36.6 Å². The molecule has 276 valence electrons. The predicted molar refractivity (Wildman–Crippen MR) is 178 cm³/mol. The molecule has 1 rings (SSSR count). The molecule has 1 saturated carbocycles. The van der Waals surface area contributed by atoms with Gasteiger partial charge in [0.2, 0.25) is 5.91 Å². The summed E-state index contributed by atoms with van der Waals surface area (Å²) in [6, 6.07) is -1.24. The minimum absolute atomic E-state index is 0.256. The molecule has 14 heteroatoms. The third-order valence-electron chi connectivity index (χ3n) is 8.28. The Kier molecular flexibility index (Phi) is 23.2. The minimum Gasteiger partial charge on any atom is -0.393 e. The van der Waals surface area contributed by atoms with E-state index in [9.17, 15) is 50.0 Å². The number of rotatable bonds is 26. The van der Waals surface area contributed by atoms with E-state index >= 15 is 0 Å². The van der Waals surface area contributed by atoms with Crippen LogP contribution in [0.1, 0.15) is 117 Å². The van der Waals surface area contributed by atoms with Crippen molar-refractivity contribution in [2.24, 2.45) is 0 Å². The lowest BCUT2D eigenvalue weighted by Crippen LogP contribution is -2.64. The zero-order valence-corrected chi connectivity index (χ0v) is 29.1. The maximum Gasteiger partial charge on any atom is 0.472 e. The van der Waals surface area contributed by atoms with E-state index in [2.05, 4.69) is 31.3 Å². The van der Waals surface area contributed by atoms with E-state index in [0.717, 1.165) is 64.2 Å². The van der Waals surface area contributed by atoms with E-state index in [-0.39, 0.29) is 6.42 Å². The van der Waals surface area contributed by atoms with Gasteiger partial charge in [-0.05, 0) is 44.9 Å². The molecule has 0 aromatic rings. The standard InChI is InChI=1S/C33H62NO12P/c1-3-5-7-9-11-12-13-15-16-18-20-24(35)22-27(37)34-25(26(36)21-19-17-14-10-8-6-4-2)23-45-47(43,44)46-33-31(41)29(39)28(38)30(40)32(33)42/h11-12,19,21,24-26,28-33,35-36,38-42H,3-10,13-18,20,22-23H2,1-2H3,(H,34,37)(H,43,44)/b12-11-,21-19+. The van der Waals surface area contributed by atoms with Crippen LogP contribution in [-0.4, -0.2) is 108 Å². The molecular formula is C33H62NO12P. The molecule has 0 aromatic heterocycles. The summed E-state index contributed by atoms with van der Waals surface area (Å²) in [7, 11) is -5.12. The fraction of sp³-hybridized carbons (Fsp3) is 0.848. The molecule has 8 atom stereocenters. The fourth-order valence-corrected chi connectivity index (χ4v) is 6.26. The summed E-state index contributed by atoms with van der Waals surface area (Å²) >= 11 is 0. The molecule has 1 amide bonds. The maximum atomic E-state index is 12.8. The second kappa shape index (κ2) is 24.8. The van der Waals surface area contributed by atoms with Crippen molar-refractivity contribution < 1.29 is 59.0 Å². The third-order valence-corrected chi connectivity index (χ3v) is 9.27. The summed E-state index contributed by atoms with van der Waals surface area (Å²) in [4.78, 5) is 23.1. The summed E-state index contributed by atoms with van der Waals surface area (Å²) < 4.78 is 22.6. The second-order valence-corrected chi connectivity index (χ2v) is 14.0. The molecule has 13 nitrogen and oxygen atoms in total. The molecule has 0 bridgehead atoms. The molecule has 0 radical (unpaired) electrons. The first kappa shape index (κ1) is 43.8. The van der Waals surface area contributed by atoms with Crippen molar-refractivity contribution in [2.45, 2.75) is 171 Å². The van der Waals surface area contributed by atoms with E-state index in [0.29, 0.717) is 12.8 Å². The highest BCUT2D eigenvalue weighted by Gasteiger charge is 2.51. The van der Waals surface area contributed by atoms with Crippen molar-refractivity contribution in [3.05, 3.63) is 24.3 Å². The minimum atomic E-state index is -5.12. The highest BCUT2D eigenvalue weighted by Crippen LogP contribution is 2.47. The first-order valence-electron chi connectivity index (χ1n) is 17.4. The number of hydrogen-bond acceptors (Lipinski definition) is 11. The van der Waals surface area contributed by atoms with Crippen LogP contribution in [0.2, 0.25) is 0 Å². The van der Waals surface area contributed by atoms with E-state index in [1.807, 2.05) is 0 Å². The normalized spacial score (nSPS) is 26.8. The number of aliphatic hydroxyl groups is 7. The van der Waals surface area contributed by atoms with Crippen LogP contribution in [0.4, 0.5) is 0 Å². The van der Waals surface area contributed by atoms with Crippen molar-refractivity contribution in [3.63, 3.8) is 0 Å². The first-order chi connectivity index (χ1) is 22.3. The molecule has 0 saturated heterocycles. The molecule has 8 unspecified atom stereocenters. The van der Waals surface area contributed by atoms with Crippen molar-refractivity contribution >= 4 is 13.7 Å². The van der Waals surface area contributed by atoms with Gasteiger partial charge in [0, 0.05) is 0 Å². The zero-order valence-electron chi connectivity index (χ0n) is 28.2. The highest BCUT2D eigenvalue weighted by molar-refractivity contribution is 7.47. The number of phosphoric acid groups is 1. The lowest BCUT2D eigenvalue weighted by Gasteiger charge is -2.41. The van der Waals surface area contributed by atoms with Crippen LogP contribution in [-0.2, 0) is 18.4 Å². The number of nitrogens with one attached hydrogen (secondary N) is 1. The van der Waals surface area contributed by atoms with Gasteiger partial charge in [-0.2, -0.15) is 0 Å². The highest BCUT2D eigenvalue weighted by atomic mass is 31.2. The quantitative estimate of drug-likeness (QED) is 0.0362. The molecule has 47 heavy (non-hydrogen) atoms. The maximum absolute atomic E-state index is 12.8. The van der Waals surface area contributed by atoms with Crippen molar-refractivity contribution in [3.8, 4) is 0 Å². The van der Waals surface area contributed by atoms with Gasteiger partial charge in [-0.1, -0.05) is 89.5 Å². The van der Waals surface area contributed by atoms with E-state index < -0.39 is 75.2 Å². The van der Waals surface area contributed by atoms with Gasteiger partial charge < -0.3 is 46.0 Å². The monoisotopic (exact) mass is 695 g/mol. The topological polar surface area (TPSA) is 226 Å². The molecule has 0 aromatic carbocycles. The largest absolute Gasteiger partial charge is 0.472 e. The smallest absolute Gasteiger partial charge is 0.393 e. The predicted octanol–water partition coefficient (Wildman–Crippen LogP) is 2.91. The average Bonchev–Trinajstić information content (AvgIpc) is 3.03. The van der Waals surface area contributed by atoms with Crippen molar-refractivity contribution in [1.82, 2.24) is 5.32 Å². The molecule has 9 N–H and O–H groups in total. The van der Waals surface area contributed by atoms with Gasteiger partial charge in [-0.25, -0.2) is 4.57 Å². The van der Waals surface area contributed by atoms with Crippen LogP contribution < -0.4 is 5.32 Å². The number of carbonyl (C=O) groups is 1. The lowest BCUT2D eigenvalue weighted by molar-refractivity contribution is -0.220. The summed E-state index contributed by atoms with van der Waals surface area (Å²) in [5.41, 5.74) is 0. The van der Waals surface area contributed by atoms with Gasteiger partial charge in [0.15, 0.2) is 0 Å². The molecular weight excluding hydrogens is 633 g/mol. The summed E-state index contributed by atoms with van der Waals surface area (Å²) in [6.45, 7) is 3.55. The van der Waals surface area contributed by atoms with Crippen LogP contribution in [0.3, 0.4) is 0 Å². The number of unbranched alkanes of at least 4 members (excludes halogenated alkanes) is 11. The zero-order chi connectivity index (χ0) is 35.2. The number of carbonyl (C=O) groups excluding carboxylic acids is 1. The third kappa shape index (κ3) is 18.4. The number of allylic oxidation sites excluding steroid dienone is 3. The lowest BCUT2D eigenvalue weighted by atomic mass is 9.85. The van der Waals surface area contributed by atoms with Crippen LogP contribution in [0.5, 0.6) is 0 Å². The van der Waals surface area contributed by atoms with E-state index in [4.69, 9.17) is 9.05 Å². The Morgan fingerprint density at radius 1 is 0.745 bits per heavy atom. The van der Waals surface area contributed by atoms with Gasteiger partial charge in [0.25, 0.3) is 0 Å². The number of phosphoric ester groups is 1. The molecule has 1 fully saturated rings. The molecule has 1 aliphatic rings. The van der Waals surface area contributed by atoms with Gasteiger partial charge in [0.05, 0.1) is 31.3 Å². The van der Waals surface area contributed by atoms with Gasteiger partial charge in [-0.15, -0.1) is 0 Å². The molecule has 0 heterocycles. The molecule has 0 aliphatic heterocycles. The molecule has 1 aliphatic carbocycles. The SMILES string of the molecule is CCCCC/C=C\CCCCCC(O)CC(=O)NC(COP(=O)(O)OC1C(O)C(O)C(O)C(O)C1O)C(O)/C=C/CCCCCCC. The number of amides is 1. The summed E-state index contributed by atoms with van der Waals surface area (Å²) in [5.74, 6) is -0.611. The molecule has 0 spiro atoms. The second-order valence-electron chi connectivity index (χ2n) is 12.5. The Hall–Kier alpha value is -1.22. The van der Waals surface area contributed by atoms with Crippen molar-refractivity contribution in [2.75, 3.05) is 6.61 Å². The summed E-state index contributed by atoms with van der Waals surface area (Å²) in [6.07, 6.45) is 7.73. The first-order valence-corrected chi connectivity index (χ1v) is 18.9. The van der Waals surface area contributed by atoms with Gasteiger partial charge >= 0.3 is 7.82 Å². The Morgan fingerprint density at radius 3 is 1.83 bits per heavy atom. The van der Waals surface area contributed by atoms with Crippen molar-refractivity contribution in [1.29, 1.82) is 0 Å². The van der Waals surface area contributed by atoms with E-state index in [1.165, 1.54) is 25.3 Å². The summed E-state index contributed by atoms with van der Waals surface area (Å²) in [5, 5.41) is 73.5. The number of aliphatic hydroxyl groups excluding tert-OH is 7. The Labute approximate surface area is 280 Å².